The van der Waals surface area contributed by atoms with Gasteiger partial charge in [0.2, 0.25) is 0 Å². The van der Waals surface area contributed by atoms with Crippen molar-refractivity contribution in [2.45, 2.75) is 25.9 Å². The maximum absolute atomic E-state index is 5.93. The van der Waals surface area contributed by atoms with E-state index in [1.807, 2.05) is 18.2 Å². The van der Waals surface area contributed by atoms with Gasteiger partial charge >= 0.3 is 0 Å². The van der Waals surface area contributed by atoms with E-state index < -0.39 is 0 Å². The first kappa shape index (κ1) is 12.7. The van der Waals surface area contributed by atoms with Gasteiger partial charge in [-0.1, -0.05) is 22.9 Å². The molecule has 1 aliphatic heterocycles. The molecule has 2 rings (SSSR count). The Hall–Kier alpha value is -0.740. The molecule has 1 heterocycles. The monoisotopic (exact) mass is 298 g/mol. The lowest BCUT2D eigenvalue weighted by Crippen LogP contribution is -2.23. The van der Waals surface area contributed by atoms with Crippen LogP contribution in [0.25, 0.3) is 0 Å². The highest BCUT2D eigenvalue weighted by Crippen LogP contribution is 2.27. The van der Waals surface area contributed by atoms with Crippen molar-refractivity contribution in [3.63, 3.8) is 0 Å². The predicted octanol–water partition coefficient (Wildman–Crippen LogP) is 3.26. The summed E-state index contributed by atoms with van der Waals surface area (Å²) in [6.45, 7) is 3.99. The van der Waals surface area contributed by atoms with E-state index in [9.17, 15) is 0 Å². The molecule has 1 aromatic rings. The molecule has 0 bridgehead atoms. The van der Waals surface area contributed by atoms with E-state index >= 15 is 0 Å². The van der Waals surface area contributed by atoms with Crippen LogP contribution >= 0.6 is 15.9 Å². The van der Waals surface area contributed by atoms with Crippen molar-refractivity contribution >= 4 is 27.3 Å². The van der Waals surface area contributed by atoms with E-state index in [4.69, 9.17) is 10.5 Å². The average Bonchev–Trinajstić information content (AvgIpc) is 2.77. The first-order valence-corrected chi connectivity index (χ1v) is 6.90. The van der Waals surface area contributed by atoms with Gasteiger partial charge < -0.3 is 15.8 Å². The van der Waals surface area contributed by atoms with Gasteiger partial charge in [-0.2, -0.15) is 0 Å². The van der Waals surface area contributed by atoms with Crippen LogP contribution in [0.1, 0.15) is 19.8 Å². The molecule has 4 heteroatoms. The highest BCUT2D eigenvalue weighted by atomic mass is 79.9. The number of nitrogens with two attached hydrogens (primary N) is 1. The summed E-state index contributed by atoms with van der Waals surface area (Å²) in [5, 5.41) is 3.42. The summed E-state index contributed by atoms with van der Waals surface area (Å²) in [6.07, 6.45) is 2.62. The van der Waals surface area contributed by atoms with Crippen LogP contribution in [-0.2, 0) is 4.74 Å². The lowest BCUT2D eigenvalue weighted by molar-refractivity contribution is 0.0900. The van der Waals surface area contributed by atoms with Gasteiger partial charge in [-0.3, -0.25) is 0 Å². The molecule has 1 aliphatic rings. The molecule has 0 amide bonds. The van der Waals surface area contributed by atoms with E-state index in [0.29, 0.717) is 12.0 Å². The van der Waals surface area contributed by atoms with Crippen LogP contribution in [0.15, 0.2) is 22.7 Å². The molecular weight excluding hydrogens is 280 g/mol. The quantitative estimate of drug-likeness (QED) is 0.839. The van der Waals surface area contributed by atoms with Crippen molar-refractivity contribution < 1.29 is 4.74 Å². The zero-order chi connectivity index (χ0) is 12.3. The standard InChI is InChI=1S/C13H19BrN2O/c1-2-13-9(5-6-17-13)8-16-12-7-10(14)3-4-11(12)15/h3-4,7,9,13,16H,2,5-6,8,15H2,1H3. The second kappa shape index (κ2) is 5.74. The van der Waals surface area contributed by atoms with Gasteiger partial charge in [0, 0.05) is 23.5 Å². The maximum Gasteiger partial charge on any atom is 0.0618 e. The molecule has 0 aromatic heterocycles. The van der Waals surface area contributed by atoms with Gasteiger partial charge in [0.1, 0.15) is 0 Å². The molecule has 0 radical (unpaired) electrons. The molecular formula is C13H19BrN2O. The summed E-state index contributed by atoms with van der Waals surface area (Å²) >= 11 is 3.46. The van der Waals surface area contributed by atoms with Crippen LogP contribution in [0.2, 0.25) is 0 Å². The van der Waals surface area contributed by atoms with Crippen LogP contribution in [0, 0.1) is 5.92 Å². The van der Waals surface area contributed by atoms with Gasteiger partial charge in [0.15, 0.2) is 0 Å². The molecule has 94 valence electrons. The molecule has 1 aromatic carbocycles. The minimum atomic E-state index is 0.399. The zero-order valence-corrected chi connectivity index (χ0v) is 11.7. The molecule has 0 saturated carbocycles. The summed E-state index contributed by atoms with van der Waals surface area (Å²) in [5.41, 5.74) is 7.72. The molecule has 3 N–H and O–H groups in total. The van der Waals surface area contributed by atoms with Crippen molar-refractivity contribution in [3.05, 3.63) is 22.7 Å². The Labute approximate surface area is 111 Å². The highest BCUT2D eigenvalue weighted by Gasteiger charge is 2.26. The summed E-state index contributed by atoms with van der Waals surface area (Å²) in [6, 6.07) is 5.88. The fraction of sp³-hybridized carbons (Fsp3) is 0.538. The van der Waals surface area contributed by atoms with Crippen molar-refractivity contribution in [2.75, 3.05) is 24.2 Å². The number of rotatable bonds is 4. The predicted molar refractivity (Wildman–Crippen MR) is 75.2 cm³/mol. The number of benzene rings is 1. The topological polar surface area (TPSA) is 47.3 Å². The minimum Gasteiger partial charge on any atom is -0.397 e. The molecule has 0 spiro atoms. The van der Waals surface area contributed by atoms with Crippen LogP contribution in [0.3, 0.4) is 0 Å². The fourth-order valence-corrected chi connectivity index (χ4v) is 2.66. The highest BCUT2D eigenvalue weighted by molar-refractivity contribution is 9.10. The molecule has 0 aliphatic carbocycles. The zero-order valence-electron chi connectivity index (χ0n) is 10.1. The molecule has 1 saturated heterocycles. The van der Waals surface area contributed by atoms with E-state index in [1.165, 1.54) is 0 Å². The number of anilines is 2. The number of halogens is 1. The van der Waals surface area contributed by atoms with Crippen LogP contribution in [0.4, 0.5) is 11.4 Å². The second-order valence-electron chi connectivity index (χ2n) is 4.48. The first-order chi connectivity index (χ1) is 8.20. The van der Waals surface area contributed by atoms with Crippen molar-refractivity contribution in [2.24, 2.45) is 5.92 Å². The summed E-state index contributed by atoms with van der Waals surface area (Å²) in [4.78, 5) is 0. The molecule has 3 nitrogen and oxygen atoms in total. The SMILES string of the molecule is CCC1OCCC1CNc1cc(Br)ccc1N. The molecule has 1 fully saturated rings. The lowest BCUT2D eigenvalue weighted by atomic mass is 9.99. The van der Waals surface area contributed by atoms with Crippen LogP contribution in [0.5, 0.6) is 0 Å². The molecule has 2 atom stereocenters. The summed E-state index contributed by atoms with van der Waals surface area (Å²) in [7, 11) is 0. The van der Waals surface area contributed by atoms with E-state index in [1.54, 1.807) is 0 Å². The Bertz CT molecular complexity index is 384. The fourth-order valence-electron chi connectivity index (χ4n) is 2.30. The van der Waals surface area contributed by atoms with Crippen LogP contribution < -0.4 is 11.1 Å². The Morgan fingerprint density at radius 1 is 1.53 bits per heavy atom. The third kappa shape index (κ3) is 3.13. The molecule has 2 unspecified atom stereocenters. The first-order valence-electron chi connectivity index (χ1n) is 6.11. The minimum absolute atomic E-state index is 0.399. The van der Waals surface area contributed by atoms with Gasteiger partial charge in [-0.25, -0.2) is 0 Å². The van der Waals surface area contributed by atoms with Gasteiger partial charge in [0.25, 0.3) is 0 Å². The lowest BCUT2D eigenvalue weighted by Gasteiger charge is -2.18. The summed E-state index contributed by atoms with van der Waals surface area (Å²) in [5.74, 6) is 0.596. The number of nitrogens with one attached hydrogen (secondary N) is 1. The maximum atomic E-state index is 5.93. The van der Waals surface area contributed by atoms with Crippen molar-refractivity contribution in [1.29, 1.82) is 0 Å². The normalized spacial score (nSPS) is 23.9. The van der Waals surface area contributed by atoms with E-state index in [0.717, 1.165) is 41.8 Å². The van der Waals surface area contributed by atoms with Crippen molar-refractivity contribution in [3.8, 4) is 0 Å². The average molecular weight is 299 g/mol. The largest absolute Gasteiger partial charge is 0.397 e. The second-order valence-corrected chi connectivity index (χ2v) is 5.39. The third-order valence-electron chi connectivity index (χ3n) is 3.32. The van der Waals surface area contributed by atoms with Gasteiger partial charge in [-0.15, -0.1) is 0 Å². The van der Waals surface area contributed by atoms with Gasteiger partial charge in [0.05, 0.1) is 17.5 Å². The summed E-state index contributed by atoms with van der Waals surface area (Å²) < 4.78 is 6.72. The van der Waals surface area contributed by atoms with Gasteiger partial charge in [-0.05, 0) is 31.0 Å². The van der Waals surface area contributed by atoms with Crippen molar-refractivity contribution in [1.82, 2.24) is 0 Å². The smallest absolute Gasteiger partial charge is 0.0618 e. The number of hydrogen-bond donors (Lipinski definition) is 2. The Balaban J connectivity index is 1.95. The van der Waals surface area contributed by atoms with E-state index in [-0.39, 0.29) is 0 Å². The number of hydrogen-bond acceptors (Lipinski definition) is 3. The van der Waals surface area contributed by atoms with E-state index in [2.05, 4.69) is 28.2 Å². The number of nitrogen functional groups attached to an aromatic ring is 1. The third-order valence-corrected chi connectivity index (χ3v) is 3.81. The Kier molecular flexibility index (Phi) is 4.29. The van der Waals surface area contributed by atoms with Crippen LogP contribution in [-0.4, -0.2) is 19.3 Å². The number of ether oxygens (including phenoxy) is 1. The Morgan fingerprint density at radius 2 is 2.35 bits per heavy atom. The molecule has 17 heavy (non-hydrogen) atoms. The Morgan fingerprint density at radius 3 is 3.12 bits per heavy atom.